The first kappa shape index (κ1) is 11.3. The molecule has 0 saturated carbocycles. The predicted octanol–water partition coefficient (Wildman–Crippen LogP) is 5.05. The standard InChI is InChI=1S/C14H10Cl2/c1-10(11-5-3-2-4-6-11)12-7-8-13(15)14(16)9-12/h2-9H,1H2. The van der Waals surface area contributed by atoms with Gasteiger partial charge in [-0.1, -0.05) is 66.2 Å². The Bertz CT molecular complexity index is 516. The van der Waals surface area contributed by atoms with Crippen molar-refractivity contribution >= 4 is 28.8 Å². The van der Waals surface area contributed by atoms with E-state index < -0.39 is 0 Å². The molecule has 0 aliphatic rings. The van der Waals surface area contributed by atoms with Gasteiger partial charge < -0.3 is 0 Å². The van der Waals surface area contributed by atoms with Gasteiger partial charge in [0.1, 0.15) is 0 Å². The highest BCUT2D eigenvalue weighted by Gasteiger charge is 2.04. The van der Waals surface area contributed by atoms with Crippen LogP contribution in [0.3, 0.4) is 0 Å². The van der Waals surface area contributed by atoms with E-state index >= 15 is 0 Å². The highest BCUT2D eigenvalue weighted by atomic mass is 35.5. The van der Waals surface area contributed by atoms with Gasteiger partial charge >= 0.3 is 0 Å². The van der Waals surface area contributed by atoms with Crippen molar-refractivity contribution in [2.75, 3.05) is 0 Å². The van der Waals surface area contributed by atoms with Crippen LogP contribution in [0.2, 0.25) is 10.0 Å². The monoisotopic (exact) mass is 248 g/mol. The molecule has 2 aromatic rings. The van der Waals surface area contributed by atoms with Crippen molar-refractivity contribution in [1.29, 1.82) is 0 Å². The highest BCUT2D eigenvalue weighted by Crippen LogP contribution is 2.28. The molecule has 0 heterocycles. The average Bonchev–Trinajstić information content (AvgIpc) is 2.33. The van der Waals surface area contributed by atoms with Gasteiger partial charge in [-0.3, -0.25) is 0 Å². The first-order chi connectivity index (χ1) is 7.68. The van der Waals surface area contributed by atoms with Crippen LogP contribution in [-0.2, 0) is 0 Å². The third-order valence-electron chi connectivity index (χ3n) is 2.39. The Kier molecular flexibility index (Phi) is 3.33. The normalized spacial score (nSPS) is 10.1. The zero-order valence-electron chi connectivity index (χ0n) is 8.58. The van der Waals surface area contributed by atoms with E-state index in [-0.39, 0.29) is 0 Å². The molecule has 16 heavy (non-hydrogen) atoms. The second-order valence-corrected chi connectivity index (χ2v) is 4.29. The van der Waals surface area contributed by atoms with Crippen LogP contribution in [0.15, 0.2) is 55.1 Å². The third-order valence-corrected chi connectivity index (χ3v) is 3.13. The van der Waals surface area contributed by atoms with Gasteiger partial charge in [0, 0.05) is 0 Å². The van der Waals surface area contributed by atoms with Crippen LogP contribution in [-0.4, -0.2) is 0 Å². The van der Waals surface area contributed by atoms with E-state index in [2.05, 4.69) is 6.58 Å². The van der Waals surface area contributed by atoms with Gasteiger partial charge in [-0.2, -0.15) is 0 Å². The zero-order valence-corrected chi connectivity index (χ0v) is 10.1. The summed E-state index contributed by atoms with van der Waals surface area (Å²) in [5.41, 5.74) is 3.01. The summed E-state index contributed by atoms with van der Waals surface area (Å²) in [5.74, 6) is 0. The maximum atomic E-state index is 5.97. The number of hydrogen-bond donors (Lipinski definition) is 0. The van der Waals surface area contributed by atoms with Crippen molar-refractivity contribution in [2.24, 2.45) is 0 Å². The van der Waals surface area contributed by atoms with Crippen molar-refractivity contribution in [1.82, 2.24) is 0 Å². The van der Waals surface area contributed by atoms with Gasteiger partial charge in [0.15, 0.2) is 0 Å². The van der Waals surface area contributed by atoms with Gasteiger partial charge in [0.05, 0.1) is 10.0 Å². The molecule has 0 aliphatic carbocycles. The quantitative estimate of drug-likeness (QED) is 0.698. The zero-order chi connectivity index (χ0) is 11.5. The molecule has 0 aromatic heterocycles. The molecule has 0 spiro atoms. The minimum atomic E-state index is 0.552. The molecule has 2 heteroatoms. The smallest absolute Gasteiger partial charge is 0.0598 e. The summed E-state index contributed by atoms with van der Waals surface area (Å²) in [6.07, 6.45) is 0. The molecule has 0 bridgehead atoms. The first-order valence-corrected chi connectivity index (χ1v) is 5.64. The van der Waals surface area contributed by atoms with E-state index in [4.69, 9.17) is 23.2 Å². The van der Waals surface area contributed by atoms with Crippen molar-refractivity contribution in [3.8, 4) is 0 Å². The van der Waals surface area contributed by atoms with Crippen LogP contribution in [0.1, 0.15) is 11.1 Å². The van der Waals surface area contributed by atoms with Crippen LogP contribution in [0.25, 0.3) is 5.57 Å². The minimum Gasteiger partial charge on any atom is -0.0906 e. The predicted molar refractivity (Wildman–Crippen MR) is 71.0 cm³/mol. The van der Waals surface area contributed by atoms with Crippen molar-refractivity contribution < 1.29 is 0 Å². The van der Waals surface area contributed by atoms with E-state index in [1.54, 1.807) is 6.07 Å². The largest absolute Gasteiger partial charge is 0.0906 e. The van der Waals surface area contributed by atoms with E-state index in [9.17, 15) is 0 Å². The molecule has 0 nitrogen and oxygen atoms in total. The van der Waals surface area contributed by atoms with Gasteiger partial charge in [0.2, 0.25) is 0 Å². The molecule has 0 saturated heterocycles. The lowest BCUT2D eigenvalue weighted by Crippen LogP contribution is -1.85. The van der Waals surface area contributed by atoms with Crippen LogP contribution in [0, 0.1) is 0 Å². The lowest BCUT2D eigenvalue weighted by molar-refractivity contribution is 1.56. The molecule has 0 radical (unpaired) electrons. The van der Waals surface area contributed by atoms with Crippen LogP contribution in [0.5, 0.6) is 0 Å². The van der Waals surface area contributed by atoms with Gasteiger partial charge in [0.25, 0.3) is 0 Å². The molecular weight excluding hydrogens is 239 g/mol. The van der Waals surface area contributed by atoms with E-state index in [0.29, 0.717) is 10.0 Å². The van der Waals surface area contributed by atoms with Crippen molar-refractivity contribution in [2.45, 2.75) is 0 Å². The number of benzene rings is 2. The first-order valence-electron chi connectivity index (χ1n) is 4.88. The maximum absolute atomic E-state index is 5.97. The van der Waals surface area contributed by atoms with E-state index in [1.165, 1.54) is 0 Å². The molecule has 0 fully saturated rings. The minimum absolute atomic E-state index is 0.552. The highest BCUT2D eigenvalue weighted by molar-refractivity contribution is 6.42. The maximum Gasteiger partial charge on any atom is 0.0598 e. The molecule has 0 amide bonds. The summed E-state index contributed by atoms with van der Waals surface area (Å²) in [5, 5.41) is 1.11. The fourth-order valence-corrected chi connectivity index (χ4v) is 1.79. The molecule has 2 aromatic carbocycles. The number of hydrogen-bond acceptors (Lipinski definition) is 0. The summed E-state index contributed by atoms with van der Waals surface area (Å²) in [6.45, 7) is 4.06. The second kappa shape index (κ2) is 4.73. The molecule has 0 atom stereocenters. The topological polar surface area (TPSA) is 0 Å². The van der Waals surface area contributed by atoms with Gasteiger partial charge in [-0.05, 0) is 28.8 Å². The summed E-state index contributed by atoms with van der Waals surface area (Å²) in [7, 11) is 0. The van der Waals surface area contributed by atoms with Crippen LogP contribution < -0.4 is 0 Å². The fraction of sp³-hybridized carbons (Fsp3) is 0. The van der Waals surface area contributed by atoms with Gasteiger partial charge in [-0.25, -0.2) is 0 Å². The van der Waals surface area contributed by atoms with E-state index in [1.807, 2.05) is 42.5 Å². The van der Waals surface area contributed by atoms with Crippen LogP contribution in [0.4, 0.5) is 0 Å². The average molecular weight is 249 g/mol. The summed E-state index contributed by atoms with van der Waals surface area (Å²) in [6, 6.07) is 15.5. The Hall–Kier alpha value is -1.24. The van der Waals surface area contributed by atoms with Crippen LogP contribution >= 0.6 is 23.2 Å². The Morgan fingerprint density at radius 2 is 1.50 bits per heavy atom. The fourth-order valence-electron chi connectivity index (χ4n) is 1.49. The van der Waals surface area contributed by atoms with Gasteiger partial charge in [-0.15, -0.1) is 0 Å². The molecular formula is C14H10Cl2. The summed E-state index contributed by atoms with van der Waals surface area (Å²) in [4.78, 5) is 0. The SMILES string of the molecule is C=C(c1ccccc1)c1ccc(Cl)c(Cl)c1. The molecule has 0 N–H and O–H groups in total. The van der Waals surface area contributed by atoms with Crippen molar-refractivity contribution in [3.63, 3.8) is 0 Å². The Balaban J connectivity index is 2.39. The lowest BCUT2D eigenvalue weighted by Gasteiger charge is -2.07. The molecule has 0 aliphatic heterocycles. The van der Waals surface area contributed by atoms with E-state index in [0.717, 1.165) is 16.7 Å². The summed E-state index contributed by atoms with van der Waals surface area (Å²) >= 11 is 11.8. The Labute approximate surface area is 105 Å². The Morgan fingerprint density at radius 3 is 2.12 bits per heavy atom. The second-order valence-electron chi connectivity index (χ2n) is 3.47. The number of halogens is 2. The lowest BCUT2D eigenvalue weighted by atomic mass is 10.00. The Morgan fingerprint density at radius 1 is 0.812 bits per heavy atom. The molecule has 80 valence electrons. The summed E-state index contributed by atoms with van der Waals surface area (Å²) < 4.78 is 0. The molecule has 2 rings (SSSR count). The van der Waals surface area contributed by atoms with Crippen molar-refractivity contribution in [3.05, 3.63) is 76.3 Å². The third kappa shape index (κ3) is 2.29. The number of rotatable bonds is 2. The molecule has 0 unspecified atom stereocenters.